The highest BCUT2D eigenvalue weighted by atomic mass is 35.5. The van der Waals surface area contributed by atoms with Gasteiger partial charge in [-0.1, -0.05) is 25.1 Å². The average molecular weight is 431 g/mol. The van der Waals surface area contributed by atoms with Crippen LogP contribution in [-0.4, -0.2) is 86.8 Å². The van der Waals surface area contributed by atoms with E-state index in [9.17, 15) is 0 Å². The van der Waals surface area contributed by atoms with Crippen LogP contribution in [0.1, 0.15) is 12.5 Å². The lowest BCUT2D eigenvalue weighted by atomic mass is 10.0. The molecular formula is C21H36Cl2N4O. The van der Waals surface area contributed by atoms with E-state index in [1.165, 1.54) is 64.5 Å². The summed E-state index contributed by atoms with van der Waals surface area (Å²) in [7, 11) is 0. The minimum absolute atomic E-state index is 0. The maximum Gasteiger partial charge on any atom is 0.123 e. The summed E-state index contributed by atoms with van der Waals surface area (Å²) in [6.45, 7) is 15.9. The minimum atomic E-state index is 0. The van der Waals surface area contributed by atoms with Crippen LogP contribution in [0.5, 0.6) is 5.75 Å². The maximum atomic E-state index is 6.20. The van der Waals surface area contributed by atoms with Gasteiger partial charge in [-0.3, -0.25) is 9.80 Å². The van der Waals surface area contributed by atoms with Gasteiger partial charge < -0.3 is 15.0 Å². The Balaban J connectivity index is 0.00000140. The zero-order valence-corrected chi connectivity index (χ0v) is 18.6. The van der Waals surface area contributed by atoms with E-state index in [1.807, 2.05) is 0 Å². The smallest absolute Gasteiger partial charge is 0.123 e. The Bertz CT molecular complexity index is 571. The van der Waals surface area contributed by atoms with E-state index in [-0.39, 0.29) is 24.8 Å². The third-order valence-corrected chi connectivity index (χ3v) is 6.41. The maximum absolute atomic E-state index is 6.20. The first kappa shape index (κ1) is 23.7. The van der Waals surface area contributed by atoms with Crippen LogP contribution in [0, 0.1) is 11.8 Å². The third kappa shape index (κ3) is 5.97. The number of likely N-dealkylation sites (tertiary alicyclic amines) is 1. The Labute approximate surface area is 182 Å². The fourth-order valence-electron chi connectivity index (χ4n) is 4.71. The van der Waals surface area contributed by atoms with E-state index in [1.54, 1.807) is 0 Å². The first-order valence-electron chi connectivity index (χ1n) is 10.4. The molecule has 0 saturated carbocycles. The Morgan fingerprint density at radius 3 is 2.25 bits per heavy atom. The van der Waals surface area contributed by atoms with Crippen LogP contribution in [-0.2, 0) is 6.54 Å². The summed E-state index contributed by atoms with van der Waals surface area (Å²) in [4.78, 5) is 7.67. The summed E-state index contributed by atoms with van der Waals surface area (Å²) < 4.78 is 6.20. The first-order chi connectivity index (χ1) is 12.8. The predicted octanol–water partition coefficient (Wildman–Crippen LogP) is 2.20. The van der Waals surface area contributed by atoms with Crippen molar-refractivity contribution in [1.29, 1.82) is 0 Å². The van der Waals surface area contributed by atoms with Crippen LogP contribution in [0.25, 0.3) is 0 Å². The molecule has 3 fully saturated rings. The molecular weight excluding hydrogens is 395 g/mol. The van der Waals surface area contributed by atoms with Crippen molar-refractivity contribution in [3.05, 3.63) is 29.8 Å². The first-order valence-corrected chi connectivity index (χ1v) is 10.4. The highest BCUT2D eigenvalue weighted by Gasteiger charge is 2.36. The monoisotopic (exact) mass is 430 g/mol. The Morgan fingerprint density at radius 1 is 0.929 bits per heavy atom. The van der Waals surface area contributed by atoms with Gasteiger partial charge in [0.15, 0.2) is 0 Å². The number of para-hydroxylation sites is 1. The molecule has 0 aliphatic carbocycles. The van der Waals surface area contributed by atoms with Gasteiger partial charge in [0.2, 0.25) is 0 Å². The van der Waals surface area contributed by atoms with Crippen LogP contribution in [0.4, 0.5) is 0 Å². The van der Waals surface area contributed by atoms with Crippen molar-refractivity contribution in [2.45, 2.75) is 13.5 Å². The predicted molar refractivity (Wildman–Crippen MR) is 120 cm³/mol. The zero-order chi connectivity index (χ0) is 17.8. The number of nitrogens with one attached hydrogen (secondary N) is 1. The van der Waals surface area contributed by atoms with E-state index in [4.69, 9.17) is 4.74 Å². The fraction of sp³-hybridized carbons (Fsp3) is 0.714. The number of halogens is 2. The molecule has 3 heterocycles. The largest absolute Gasteiger partial charge is 0.492 e. The molecule has 1 N–H and O–H groups in total. The molecule has 0 amide bonds. The lowest BCUT2D eigenvalue weighted by Crippen LogP contribution is -2.47. The van der Waals surface area contributed by atoms with E-state index in [2.05, 4.69) is 51.2 Å². The van der Waals surface area contributed by atoms with E-state index >= 15 is 0 Å². The van der Waals surface area contributed by atoms with Gasteiger partial charge in [0.1, 0.15) is 12.4 Å². The van der Waals surface area contributed by atoms with Gasteiger partial charge in [0.05, 0.1) is 0 Å². The number of hydrogen-bond acceptors (Lipinski definition) is 5. The highest BCUT2D eigenvalue weighted by molar-refractivity contribution is 5.85. The number of nitrogens with zero attached hydrogens (tertiary/aromatic N) is 3. The Morgan fingerprint density at radius 2 is 1.57 bits per heavy atom. The normalized spacial score (nSPS) is 25.8. The van der Waals surface area contributed by atoms with Crippen LogP contribution in [0.3, 0.4) is 0 Å². The van der Waals surface area contributed by atoms with Gasteiger partial charge in [-0.15, -0.1) is 24.8 Å². The molecule has 0 unspecified atom stereocenters. The summed E-state index contributed by atoms with van der Waals surface area (Å²) >= 11 is 0. The van der Waals surface area contributed by atoms with E-state index in [0.29, 0.717) is 0 Å². The van der Waals surface area contributed by atoms with Crippen LogP contribution in [0.2, 0.25) is 0 Å². The van der Waals surface area contributed by atoms with Gasteiger partial charge in [-0.05, 0) is 37.5 Å². The van der Waals surface area contributed by atoms with Gasteiger partial charge in [0.25, 0.3) is 0 Å². The Kier molecular flexibility index (Phi) is 9.81. The highest BCUT2D eigenvalue weighted by Crippen LogP contribution is 2.29. The molecule has 0 spiro atoms. The number of fused-ring (bicyclic) bond motifs is 1. The van der Waals surface area contributed by atoms with Crippen molar-refractivity contribution < 1.29 is 4.74 Å². The second kappa shape index (κ2) is 11.6. The molecule has 160 valence electrons. The summed E-state index contributed by atoms with van der Waals surface area (Å²) in [5.74, 6) is 2.78. The SMILES string of the molecule is CCN1CCN(CCOc2ccccc2CN2C[C@H]3CNC[C@H]3C2)CC1.Cl.Cl. The molecule has 0 radical (unpaired) electrons. The Hall–Kier alpha value is -0.560. The van der Waals surface area contributed by atoms with Crippen LogP contribution in [0.15, 0.2) is 24.3 Å². The van der Waals surface area contributed by atoms with Crippen molar-refractivity contribution in [3.8, 4) is 5.75 Å². The lowest BCUT2D eigenvalue weighted by Gasteiger charge is -2.33. The van der Waals surface area contributed by atoms with Crippen molar-refractivity contribution in [1.82, 2.24) is 20.0 Å². The zero-order valence-electron chi connectivity index (χ0n) is 17.0. The number of hydrogen-bond donors (Lipinski definition) is 1. The molecule has 5 nitrogen and oxygen atoms in total. The van der Waals surface area contributed by atoms with Gasteiger partial charge >= 0.3 is 0 Å². The van der Waals surface area contributed by atoms with Gasteiger partial charge in [-0.2, -0.15) is 0 Å². The quantitative estimate of drug-likeness (QED) is 0.716. The molecule has 3 saturated heterocycles. The summed E-state index contributed by atoms with van der Waals surface area (Å²) in [6, 6.07) is 8.62. The van der Waals surface area contributed by atoms with Crippen molar-refractivity contribution >= 4 is 24.8 Å². The second-order valence-electron chi connectivity index (χ2n) is 8.10. The van der Waals surface area contributed by atoms with Crippen molar-refractivity contribution in [3.63, 3.8) is 0 Å². The van der Waals surface area contributed by atoms with Crippen LogP contribution < -0.4 is 10.1 Å². The number of likely N-dealkylation sites (N-methyl/N-ethyl adjacent to an activating group) is 1. The molecule has 1 aromatic carbocycles. The molecule has 0 bridgehead atoms. The lowest BCUT2D eigenvalue weighted by molar-refractivity contribution is 0.120. The number of piperazine rings is 1. The average Bonchev–Trinajstić information content (AvgIpc) is 3.25. The van der Waals surface area contributed by atoms with Crippen LogP contribution >= 0.6 is 24.8 Å². The molecule has 2 atom stereocenters. The fourth-order valence-corrected chi connectivity index (χ4v) is 4.71. The van der Waals surface area contributed by atoms with Gasteiger partial charge in [-0.25, -0.2) is 0 Å². The molecule has 4 rings (SSSR count). The van der Waals surface area contributed by atoms with E-state index in [0.717, 1.165) is 37.3 Å². The molecule has 1 aromatic rings. The third-order valence-electron chi connectivity index (χ3n) is 6.41. The number of ether oxygens (including phenoxy) is 1. The number of benzene rings is 1. The molecule has 3 aliphatic heterocycles. The molecule has 3 aliphatic rings. The molecule has 28 heavy (non-hydrogen) atoms. The summed E-state index contributed by atoms with van der Waals surface area (Å²) in [5, 5.41) is 3.53. The second-order valence-corrected chi connectivity index (χ2v) is 8.10. The van der Waals surface area contributed by atoms with Crippen molar-refractivity contribution in [2.24, 2.45) is 11.8 Å². The standard InChI is InChI=1S/C21H34N4O.2ClH/c1-2-23-7-9-24(10-8-23)11-12-26-21-6-4-3-5-18(21)15-25-16-19-13-22-14-20(19)17-25;;/h3-6,19-20,22H,2,7-17H2,1H3;2*1H/t19-,20+;;. The topological polar surface area (TPSA) is 31.0 Å². The van der Waals surface area contributed by atoms with Gasteiger partial charge in [0, 0.05) is 57.9 Å². The van der Waals surface area contributed by atoms with Crippen molar-refractivity contribution in [2.75, 3.05) is 72.1 Å². The molecule has 7 heteroatoms. The van der Waals surface area contributed by atoms with E-state index < -0.39 is 0 Å². The molecule has 0 aromatic heterocycles. The summed E-state index contributed by atoms with van der Waals surface area (Å²) in [5.41, 5.74) is 1.34. The minimum Gasteiger partial charge on any atom is -0.492 e. The number of rotatable bonds is 7. The summed E-state index contributed by atoms with van der Waals surface area (Å²) in [6.07, 6.45) is 0.